The van der Waals surface area contributed by atoms with Crippen molar-refractivity contribution in [2.45, 2.75) is 6.18 Å². The largest absolute Gasteiger partial charge is 0.495 e. The highest BCUT2D eigenvalue weighted by Gasteiger charge is 2.43. The molecule has 0 fully saturated rings. The summed E-state index contributed by atoms with van der Waals surface area (Å²) in [6.07, 6.45) is -5.09. The Morgan fingerprint density at radius 2 is 1.50 bits per heavy atom. The molecule has 0 amide bonds. The topological polar surface area (TPSA) is 83.8 Å². The third kappa shape index (κ3) is 2.32. The Bertz CT molecular complexity index is 780. The molecule has 2 rings (SSSR count). The predicted molar refractivity (Wildman–Crippen MR) is 69.4 cm³/mol. The van der Waals surface area contributed by atoms with Crippen LogP contribution in [-0.2, 0) is 6.18 Å². The number of alkyl halides is 3. The van der Waals surface area contributed by atoms with Gasteiger partial charge < -0.3 is 14.9 Å². The zero-order valence-corrected chi connectivity index (χ0v) is 11.1. The van der Waals surface area contributed by atoms with Crippen molar-refractivity contribution in [3.8, 4) is 5.75 Å². The number of halogens is 3. The summed E-state index contributed by atoms with van der Waals surface area (Å²) in [4.78, 5) is 22.6. The number of hydrogen-bond acceptors (Lipinski definition) is 3. The molecule has 0 unspecified atom stereocenters. The van der Waals surface area contributed by atoms with Crippen molar-refractivity contribution in [3.63, 3.8) is 0 Å². The molecule has 0 atom stereocenters. The summed E-state index contributed by atoms with van der Waals surface area (Å²) in [6.45, 7) is 0. The maximum Gasteiger partial charge on any atom is 0.420 e. The highest BCUT2D eigenvalue weighted by Crippen LogP contribution is 2.45. The van der Waals surface area contributed by atoms with Gasteiger partial charge >= 0.3 is 18.1 Å². The van der Waals surface area contributed by atoms with Crippen LogP contribution in [0.15, 0.2) is 24.3 Å². The summed E-state index contributed by atoms with van der Waals surface area (Å²) in [5.41, 5.74) is -3.87. The van der Waals surface area contributed by atoms with Crippen molar-refractivity contribution in [2.75, 3.05) is 7.11 Å². The maximum absolute atomic E-state index is 13.3. The van der Waals surface area contributed by atoms with Gasteiger partial charge in [0.15, 0.2) is 0 Å². The van der Waals surface area contributed by atoms with E-state index in [0.717, 1.165) is 7.11 Å². The number of fused-ring (bicyclic) bond motifs is 1. The van der Waals surface area contributed by atoms with Crippen LogP contribution in [0.25, 0.3) is 10.8 Å². The Labute approximate surface area is 121 Å². The average Bonchev–Trinajstić information content (AvgIpc) is 2.42. The predicted octanol–water partition coefficient (Wildman–Crippen LogP) is 3.26. The van der Waals surface area contributed by atoms with Crippen molar-refractivity contribution in [1.82, 2.24) is 0 Å². The van der Waals surface area contributed by atoms with Crippen LogP contribution in [0.4, 0.5) is 13.2 Å². The molecule has 2 N–H and O–H groups in total. The van der Waals surface area contributed by atoms with Gasteiger partial charge in [0.1, 0.15) is 11.3 Å². The Balaban J connectivity index is 3.18. The second kappa shape index (κ2) is 5.21. The van der Waals surface area contributed by atoms with Gasteiger partial charge in [0.25, 0.3) is 0 Å². The summed E-state index contributed by atoms with van der Waals surface area (Å²) in [5.74, 6) is -4.47. The number of benzene rings is 2. The summed E-state index contributed by atoms with van der Waals surface area (Å²) >= 11 is 0. The second-order valence-corrected chi connectivity index (χ2v) is 4.31. The smallest absolute Gasteiger partial charge is 0.420 e. The van der Waals surface area contributed by atoms with E-state index in [1.807, 2.05) is 0 Å². The molecule has 2 aromatic carbocycles. The first-order valence-corrected chi connectivity index (χ1v) is 5.86. The molecule has 22 heavy (non-hydrogen) atoms. The summed E-state index contributed by atoms with van der Waals surface area (Å²) < 4.78 is 44.6. The molecule has 0 aliphatic heterocycles. The van der Waals surface area contributed by atoms with E-state index in [0.29, 0.717) is 0 Å². The maximum atomic E-state index is 13.3. The summed E-state index contributed by atoms with van der Waals surface area (Å²) in [5, 5.41) is 18.0. The first-order valence-electron chi connectivity index (χ1n) is 5.86. The number of rotatable bonds is 3. The lowest BCUT2D eigenvalue weighted by Gasteiger charge is -2.19. The van der Waals surface area contributed by atoms with Gasteiger partial charge in [-0.25, -0.2) is 9.59 Å². The highest BCUT2D eigenvalue weighted by molar-refractivity contribution is 6.14. The average molecular weight is 314 g/mol. The Morgan fingerprint density at radius 1 is 1.00 bits per heavy atom. The van der Waals surface area contributed by atoms with Crippen LogP contribution in [0.2, 0.25) is 0 Å². The first kappa shape index (κ1) is 15.6. The van der Waals surface area contributed by atoms with Crippen LogP contribution in [0, 0.1) is 0 Å². The Hall–Kier alpha value is -2.77. The molecule has 0 bridgehead atoms. The number of carbonyl (C=O) groups is 2. The van der Waals surface area contributed by atoms with Crippen molar-refractivity contribution >= 4 is 22.7 Å². The van der Waals surface area contributed by atoms with Crippen LogP contribution in [-0.4, -0.2) is 29.3 Å². The second-order valence-electron chi connectivity index (χ2n) is 4.31. The van der Waals surface area contributed by atoms with E-state index >= 15 is 0 Å². The van der Waals surface area contributed by atoms with Crippen molar-refractivity contribution < 1.29 is 37.7 Å². The lowest BCUT2D eigenvalue weighted by Crippen LogP contribution is -2.19. The number of methoxy groups -OCH3 is 1. The third-order valence-corrected chi connectivity index (χ3v) is 3.08. The van der Waals surface area contributed by atoms with E-state index in [2.05, 4.69) is 0 Å². The minimum Gasteiger partial charge on any atom is -0.495 e. The van der Waals surface area contributed by atoms with E-state index in [1.54, 1.807) is 0 Å². The third-order valence-electron chi connectivity index (χ3n) is 3.08. The summed E-state index contributed by atoms with van der Waals surface area (Å²) in [7, 11) is 0.961. The van der Waals surface area contributed by atoms with Gasteiger partial charge in [-0.15, -0.1) is 0 Å². The fourth-order valence-corrected chi connectivity index (χ4v) is 2.33. The zero-order valence-electron chi connectivity index (χ0n) is 11.1. The van der Waals surface area contributed by atoms with Gasteiger partial charge in [0.05, 0.1) is 18.2 Å². The molecule has 0 radical (unpaired) electrons. The van der Waals surface area contributed by atoms with Crippen molar-refractivity contribution in [1.29, 1.82) is 0 Å². The standard InChI is InChI=1S/C14H9F3O5/c1-22-11-7-5-3-2-4-6(7)8(12(18)19)9(13(20)21)10(11)14(15,16)17/h2-5H,1H3,(H,18,19)(H,20,21). The number of carboxylic acid groups (broad SMARTS) is 2. The SMILES string of the molecule is COc1c(C(F)(F)F)c(C(=O)O)c(C(=O)O)c2ccccc12. The van der Waals surface area contributed by atoms with Crippen LogP contribution in [0.5, 0.6) is 5.75 Å². The van der Waals surface area contributed by atoms with Crippen LogP contribution in [0.1, 0.15) is 26.3 Å². The molecular weight excluding hydrogens is 305 g/mol. The van der Waals surface area contributed by atoms with E-state index in [-0.39, 0.29) is 10.8 Å². The molecule has 116 valence electrons. The van der Waals surface area contributed by atoms with Crippen LogP contribution >= 0.6 is 0 Å². The molecule has 0 aliphatic rings. The van der Waals surface area contributed by atoms with Gasteiger partial charge in [-0.05, 0) is 0 Å². The van der Waals surface area contributed by atoms with E-state index in [1.165, 1.54) is 24.3 Å². The van der Waals surface area contributed by atoms with Crippen molar-refractivity contribution in [2.24, 2.45) is 0 Å². The minimum atomic E-state index is -5.09. The number of aromatic carboxylic acids is 2. The highest BCUT2D eigenvalue weighted by atomic mass is 19.4. The van der Waals surface area contributed by atoms with Gasteiger partial charge in [0.2, 0.25) is 0 Å². The quantitative estimate of drug-likeness (QED) is 0.908. The molecule has 2 aromatic rings. The van der Waals surface area contributed by atoms with E-state index < -0.39 is 40.6 Å². The molecule has 0 aliphatic carbocycles. The lowest BCUT2D eigenvalue weighted by atomic mass is 9.92. The molecule has 8 heteroatoms. The number of carboxylic acids is 2. The van der Waals surface area contributed by atoms with Gasteiger partial charge in [-0.3, -0.25) is 0 Å². The van der Waals surface area contributed by atoms with Gasteiger partial charge in [-0.1, -0.05) is 24.3 Å². The molecule has 0 saturated heterocycles. The van der Waals surface area contributed by atoms with E-state index in [9.17, 15) is 27.9 Å². The number of ether oxygens (including phenoxy) is 1. The van der Waals surface area contributed by atoms with Gasteiger partial charge in [0, 0.05) is 10.8 Å². The molecule has 0 aromatic heterocycles. The van der Waals surface area contributed by atoms with E-state index in [4.69, 9.17) is 9.84 Å². The first-order chi connectivity index (χ1) is 10.2. The number of hydrogen-bond donors (Lipinski definition) is 2. The molecule has 0 saturated carbocycles. The molecule has 0 heterocycles. The normalized spacial score (nSPS) is 11.5. The minimum absolute atomic E-state index is 0.125. The van der Waals surface area contributed by atoms with Crippen molar-refractivity contribution in [3.05, 3.63) is 41.0 Å². The fourth-order valence-electron chi connectivity index (χ4n) is 2.33. The monoisotopic (exact) mass is 314 g/mol. The van der Waals surface area contributed by atoms with Gasteiger partial charge in [-0.2, -0.15) is 13.2 Å². The molecule has 5 nitrogen and oxygen atoms in total. The zero-order chi connectivity index (χ0) is 16.7. The Morgan fingerprint density at radius 3 is 1.91 bits per heavy atom. The lowest BCUT2D eigenvalue weighted by molar-refractivity contribution is -0.139. The Kier molecular flexibility index (Phi) is 3.70. The van der Waals surface area contributed by atoms with Crippen LogP contribution < -0.4 is 4.74 Å². The summed E-state index contributed by atoms with van der Waals surface area (Å²) in [6, 6.07) is 5.26. The fraction of sp³-hybridized carbons (Fsp3) is 0.143. The molecular formula is C14H9F3O5. The molecule has 0 spiro atoms. The van der Waals surface area contributed by atoms with Crippen LogP contribution in [0.3, 0.4) is 0 Å².